The highest BCUT2D eigenvalue weighted by Crippen LogP contribution is 2.38. The van der Waals surface area contributed by atoms with Crippen molar-refractivity contribution in [2.75, 3.05) is 0 Å². The molecule has 0 spiro atoms. The van der Waals surface area contributed by atoms with Crippen molar-refractivity contribution in [3.05, 3.63) is 188 Å². The van der Waals surface area contributed by atoms with E-state index in [0.29, 0.717) is 5.82 Å². The Labute approximate surface area is 305 Å². The predicted octanol–water partition coefficient (Wildman–Crippen LogP) is 11.9. The molecule has 0 aliphatic rings. The molecule has 0 radical (unpaired) electrons. The van der Waals surface area contributed by atoms with Gasteiger partial charge in [-0.2, -0.15) is 0 Å². The average molecular weight is 678 g/mol. The molecule has 4 aromatic heterocycles. The summed E-state index contributed by atoms with van der Waals surface area (Å²) in [6.07, 6.45) is 4.15. The first kappa shape index (κ1) is 29.5. The van der Waals surface area contributed by atoms with Crippen molar-refractivity contribution in [2.45, 2.75) is 0 Å². The molecule has 248 valence electrons. The normalized spacial score (nSPS) is 11.8. The summed E-state index contributed by atoms with van der Waals surface area (Å²) in [6, 6.07) is 62.6. The van der Waals surface area contributed by atoms with Gasteiger partial charge in [0.05, 0.1) is 16.6 Å². The standard InChI is InChI=1S/C48H31N5/c1-3-10-32(11-4-1)34-17-18-36-31-37(20-19-35(36)30-34)40-15-9-28-52-48(40)49-47(50-52)33-21-23-39(24-22-33)53-45-16-8-7-14-41(45)42-25-26-44-43(46(42)53)27-29-51(44)38-12-5-2-6-13-38/h1-31H. The van der Waals surface area contributed by atoms with Crippen molar-refractivity contribution in [3.8, 4) is 45.0 Å². The molecular formula is C48H31N5. The molecule has 0 atom stereocenters. The summed E-state index contributed by atoms with van der Waals surface area (Å²) >= 11 is 0. The van der Waals surface area contributed by atoms with Crippen LogP contribution in [0.1, 0.15) is 0 Å². The van der Waals surface area contributed by atoms with E-state index in [-0.39, 0.29) is 0 Å². The summed E-state index contributed by atoms with van der Waals surface area (Å²) in [6.45, 7) is 0. The van der Waals surface area contributed by atoms with Crippen LogP contribution >= 0.6 is 0 Å². The molecule has 11 aromatic rings. The summed E-state index contributed by atoms with van der Waals surface area (Å²) in [5.74, 6) is 0.696. The molecule has 0 unspecified atom stereocenters. The Morgan fingerprint density at radius 3 is 1.96 bits per heavy atom. The molecule has 0 fully saturated rings. The molecule has 5 nitrogen and oxygen atoms in total. The van der Waals surface area contributed by atoms with Crippen LogP contribution in [0.25, 0.3) is 94.1 Å². The minimum atomic E-state index is 0.696. The summed E-state index contributed by atoms with van der Waals surface area (Å²) in [7, 11) is 0. The predicted molar refractivity (Wildman–Crippen MR) is 218 cm³/mol. The van der Waals surface area contributed by atoms with E-state index in [2.05, 4.69) is 185 Å². The molecule has 0 aliphatic carbocycles. The minimum absolute atomic E-state index is 0.696. The molecule has 0 N–H and O–H groups in total. The number of nitrogens with zero attached hydrogens (tertiary/aromatic N) is 5. The lowest BCUT2D eigenvalue weighted by Gasteiger charge is -2.10. The molecule has 53 heavy (non-hydrogen) atoms. The van der Waals surface area contributed by atoms with Crippen LogP contribution in [0.15, 0.2) is 188 Å². The first-order valence-corrected chi connectivity index (χ1v) is 17.9. The first-order chi connectivity index (χ1) is 26.3. The van der Waals surface area contributed by atoms with Crippen LogP contribution < -0.4 is 0 Å². The van der Waals surface area contributed by atoms with E-state index < -0.39 is 0 Å². The Morgan fingerprint density at radius 1 is 0.415 bits per heavy atom. The van der Waals surface area contributed by atoms with E-state index in [1.54, 1.807) is 0 Å². The van der Waals surface area contributed by atoms with E-state index in [0.717, 1.165) is 33.7 Å². The number of hydrogen-bond donors (Lipinski definition) is 0. The smallest absolute Gasteiger partial charge is 0.182 e. The quantitative estimate of drug-likeness (QED) is 0.182. The third-order valence-electron chi connectivity index (χ3n) is 10.5. The summed E-state index contributed by atoms with van der Waals surface area (Å²) < 4.78 is 6.55. The maximum Gasteiger partial charge on any atom is 0.182 e. The zero-order chi connectivity index (χ0) is 34.9. The molecule has 0 saturated heterocycles. The topological polar surface area (TPSA) is 40.0 Å². The highest BCUT2D eigenvalue weighted by atomic mass is 15.3. The maximum atomic E-state index is 5.10. The second-order valence-corrected chi connectivity index (χ2v) is 13.6. The van der Waals surface area contributed by atoms with Crippen LogP contribution in [0.3, 0.4) is 0 Å². The van der Waals surface area contributed by atoms with Crippen molar-refractivity contribution >= 4 is 49.1 Å². The zero-order valence-corrected chi connectivity index (χ0v) is 28.6. The van der Waals surface area contributed by atoms with Gasteiger partial charge in [-0.1, -0.05) is 97.1 Å². The van der Waals surface area contributed by atoms with Crippen LogP contribution in [0.4, 0.5) is 0 Å². The van der Waals surface area contributed by atoms with Crippen molar-refractivity contribution in [1.29, 1.82) is 0 Å². The lowest BCUT2D eigenvalue weighted by Crippen LogP contribution is -1.95. The van der Waals surface area contributed by atoms with Gasteiger partial charge >= 0.3 is 0 Å². The van der Waals surface area contributed by atoms with Gasteiger partial charge in [0.1, 0.15) is 0 Å². The lowest BCUT2D eigenvalue weighted by atomic mass is 9.98. The molecule has 7 aromatic carbocycles. The fourth-order valence-corrected chi connectivity index (χ4v) is 7.99. The summed E-state index contributed by atoms with van der Waals surface area (Å²) in [5.41, 5.74) is 12.2. The van der Waals surface area contributed by atoms with Crippen molar-refractivity contribution in [3.63, 3.8) is 0 Å². The number of benzene rings is 7. The molecule has 11 rings (SSSR count). The van der Waals surface area contributed by atoms with Crippen LogP contribution in [0.5, 0.6) is 0 Å². The lowest BCUT2D eigenvalue weighted by molar-refractivity contribution is 0.966. The Bertz CT molecular complexity index is 3150. The maximum absolute atomic E-state index is 5.10. The van der Waals surface area contributed by atoms with E-state index in [1.807, 2.05) is 16.8 Å². The van der Waals surface area contributed by atoms with Gasteiger partial charge in [-0.3, -0.25) is 0 Å². The summed E-state index contributed by atoms with van der Waals surface area (Å²) in [4.78, 5) is 5.10. The Balaban J connectivity index is 0.983. The van der Waals surface area contributed by atoms with E-state index in [9.17, 15) is 0 Å². The number of aromatic nitrogens is 5. The minimum Gasteiger partial charge on any atom is -0.316 e. The second-order valence-electron chi connectivity index (χ2n) is 13.6. The molecule has 4 heterocycles. The molecule has 0 saturated carbocycles. The third kappa shape index (κ3) is 4.71. The molecule has 0 amide bonds. The number of rotatable bonds is 5. The van der Waals surface area contributed by atoms with Crippen molar-refractivity contribution < 1.29 is 0 Å². The second kappa shape index (κ2) is 11.7. The SMILES string of the molecule is c1ccc(-c2ccc3cc(-c4cccn5nc(-c6ccc(-n7c8ccccc8c8ccc9c(ccn9-c9ccccc9)c87)cc6)nc45)ccc3c2)cc1. The highest BCUT2D eigenvalue weighted by Gasteiger charge is 2.18. The van der Waals surface area contributed by atoms with Gasteiger partial charge in [0.15, 0.2) is 11.5 Å². The van der Waals surface area contributed by atoms with Gasteiger partial charge in [0.2, 0.25) is 0 Å². The summed E-state index contributed by atoms with van der Waals surface area (Å²) in [5, 5.41) is 11.0. The number of fused-ring (bicyclic) bond motifs is 7. The van der Waals surface area contributed by atoms with Gasteiger partial charge in [-0.25, -0.2) is 9.50 Å². The molecule has 0 aliphatic heterocycles. The van der Waals surface area contributed by atoms with Gasteiger partial charge < -0.3 is 9.13 Å². The number of pyridine rings is 1. The fourth-order valence-electron chi connectivity index (χ4n) is 7.99. The molecule has 0 bridgehead atoms. The van der Waals surface area contributed by atoms with E-state index in [1.165, 1.54) is 54.6 Å². The fraction of sp³-hybridized carbons (Fsp3) is 0. The van der Waals surface area contributed by atoms with Crippen LogP contribution in [0, 0.1) is 0 Å². The van der Waals surface area contributed by atoms with Gasteiger partial charge in [-0.05, 0) is 106 Å². The number of hydrogen-bond acceptors (Lipinski definition) is 2. The van der Waals surface area contributed by atoms with Crippen LogP contribution in [-0.4, -0.2) is 23.7 Å². The third-order valence-corrected chi connectivity index (χ3v) is 10.5. The van der Waals surface area contributed by atoms with Gasteiger partial charge in [-0.15, -0.1) is 5.10 Å². The first-order valence-electron chi connectivity index (χ1n) is 17.9. The largest absolute Gasteiger partial charge is 0.316 e. The zero-order valence-electron chi connectivity index (χ0n) is 28.6. The van der Waals surface area contributed by atoms with E-state index in [4.69, 9.17) is 10.1 Å². The van der Waals surface area contributed by atoms with Crippen LogP contribution in [0.2, 0.25) is 0 Å². The molecule has 5 heteroatoms. The van der Waals surface area contributed by atoms with Crippen LogP contribution in [-0.2, 0) is 0 Å². The molecular weight excluding hydrogens is 647 g/mol. The van der Waals surface area contributed by atoms with Crippen molar-refractivity contribution in [1.82, 2.24) is 23.7 Å². The van der Waals surface area contributed by atoms with Crippen molar-refractivity contribution in [2.24, 2.45) is 0 Å². The van der Waals surface area contributed by atoms with Gasteiger partial charge in [0, 0.05) is 51.1 Å². The van der Waals surface area contributed by atoms with Gasteiger partial charge in [0.25, 0.3) is 0 Å². The Morgan fingerprint density at radius 2 is 1.13 bits per heavy atom. The Hall–Kier alpha value is -7.24. The average Bonchev–Trinajstić information content (AvgIpc) is 3.95. The monoisotopic (exact) mass is 677 g/mol. The van der Waals surface area contributed by atoms with E-state index >= 15 is 0 Å². The Kier molecular flexibility index (Phi) is 6.48. The number of para-hydroxylation sites is 2. The highest BCUT2D eigenvalue weighted by molar-refractivity contribution is 6.18.